The summed E-state index contributed by atoms with van der Waals surface area (Å²) in [6.45, 7) is 3.46. The van der Waals surface area contributed by atoms with Crippen molar-refractivity contribution in [3.05, 3.63) is 22.4 Å². The average molecular weight is 248 g/mol. The van der Waals surface area contributed by atoms with E-state index in [1.807, 2.05) is 11.6 Å². The number of rotatable bonds is 2. The summed E-state index contributed by atoms with van der Waals surface area (Å²) in [6, 6.07) is 0.287. The summed E-state index contributed by atoms with van der Waals surface area (Å²) in [5.74, 6) is 0.710. The van der Waals surface area contributed by atoms with Gasteiger partial charge >= 0.3 is 0 Å². The van der Waals surface area contributed by atoms with Gasteiger partial charge in [-0.25, -0.2) is 9.67 Å². The summed E-state index contributed by atoms with van der Waals surface area (Å²) in [4.78, 5) is 19.1. The van der Waals surface area contributed by atoms with E-state index in [9.17, 15) is 4.79 Å². The van der Waals surface area contributed by atoms with Crippen molar-refractivity contribution in [1.82, 2.24) is 19.7 Å². The van der Waals surface area contributed by atoms with Crippen LogP contribution in [0.25, 0.3) is 11.0 Å². The molecule has 1 aliphatic rings. The van der Waals surface area contributed by atoms with Gasteiger partial charge in [-0.15, -0.1) is 0 Å². The van der Waals surface area contributed by atoms with Crippen LogP contribution in [0.5, 0.6) is 0 Å². The molecule has 1 N–H and O–H groups in total. The third kappa shape index (κ3) is 1.82. The summed E-state index contributed by atoms with van der Waals surface area (Å²) in [6.07, 6.45) is 4.17. The van der Waals surface area contributed by atoms with Crippen molar-refractivity contribution in [3.63, 3.8) is 0 Å². The maximum atomic E-state index is 11.9. The Labute approximate surface area is 104 Å². The molecule has 1 aliphatic heterocycles. The second-order valence-electron chi connectivity index (χ2n) is 4.54. The van der Waals surface area contributed by atoms with Crippen molar-refractivity contribution in [3.8, 4) is 0 Å². The monoisotopic (exact) mass is 248 g/mol. The molecule has 0 aliphatic carbocycles. The van der Waals surface area contributed by atoms with Gasteiger partial charge in [-0.05, 0) is 12.8 Å². The highest BCUT2D eigenvalue weighted by Gasteiger charge is 2.20. The summed E-state index contributed by atoms with van der Waals surface area (Å²) >= 11 is 0. The molecule has 1 saturated heterocycles. The van der Waals surface area contributed by atoms with Crippen LogP contribution in [-0.4, -0.2) is 33.0 Å². The number of fused-ring (bicyclic) bond motifs is 1. The number of hydrogen-bond acceptors (Lipinski definition) is 4. The highest BCUT2D eigenvalue weighted by atomic mass is 16.5. The van der Waals surface area contributed by atoms with E-state index in [2.05, 4.69) is 15.1 Å². The number of nitrogens with zero attached hydrogens (tertiary/aromatic N) is 3. The minimum atomic E-state index is -0.102. The van der Waals surface area contributed by atoms with Gasteiger partial charge in [0.15, 0.2) is 5.65 Å². The van der Waals surface area contributed by atoms with Crippen molar-refractivity contribution in [1.29, 1.82) is 0 Å². The fourth-order valence-corrected chi connectivity index (χ4v) is 2.35. The van der Waals surface area contributed by atoms with E-state index >= 15 is 0 Å². The lowest BCUT2D eigenvalue weighted by molar-refractivity contribution is 0.0673. The zero-order valence-electron chi connectivity index (χ0n) is 10.3. The highest BCUT2D eigenvalue weighted by molar-refractivity contribution is 5.73. The Morgan fingerprint density at radius 2 is 2.28 bits per heavy atom. The molecular formula is C12H16N4O2. The first-order chi connectivity index (χ1) is 8.79. The summed E-state index contributed by atoms with van der Waals surface area (Å²) < 4.78 is 7.23. The lowest BCUT2D eigenvalue weighted by Gasteiger charge is -2.22. The zero-order chi connectivity index (χ0) is 12.5. The van der Waals surface area contributed by atoms with E-state index in [0.717, 1.165) is 26.1 Å². The van der Waals surface area contributed by atoms with Gasteiger partial charge in [0.1, 0.15) is 11.2 Å². The molecule has 2 aromatic heterocycles. The van der Waals surface area contributed by atoms with Crippen LogP contribution in [0.1, 0.15) is 31.6 Å². The molecule has 18 heavy (non-hydrogen) atoms. The maximum Gasteiger partial charge on any atom is 0.262 e. The van der Waals surface area contributed by atoms with Crippen molar-refractivity contribution in [2.75, 3.05) is 13.2 Å². The molecule has 0 aromatic carbocycles. The van der Waals surface area contributed by atoms with Crippen LogP contribution in [0.15, 0.2) is 11.0 Å². The number of ether oxygens (including phenoxy) is 1. The molecule has 0 unspecified atom stereocenters. The third-order valence-electron chi connectivity index (χ3n) is 3.38. The molecule has 0 saturated carbocycles. The Balaban J connectivity index is 2.12. The van der Waals surface area contributed by atoms with E-state index in [1.165, 1.54) is 0 Å². The molecule has 3 rings (SSSR count). The minimum absolute atomic E-state index is 0.102. The van der Waals surface area contributed by atoms with E-state index in [0.29, 0.717) is 23.3 Å². The second kappa shape index (κ2) is 4.53. The Hall–Kier alpha value is -1.69. The van der Waals surface area contributed by atoms with Crippen LogP contribution in [0.2, 0.25) is 0 Å². The maximum absolute atomic E-state index is 11.9. The lowest BCUT2D eigenvalue weighted by atomic mass is 10.1. The molecule has 0 radical (unpaired) electrons. The Morgan fingerprint density at radius 3 is 3.00 bits per heavy atom. The first-order valence-corrected chi connectivity index (χ1v) is 6.33. The van der Waals surface area contributed by atoms with E-state index in [4.69, 9.17) is 4.74 Å². The van der Waals surface area contributed by atoms with Crippen LogP contribution < -0.4 is 5.56 Å². The zero-order valence-corrected chi connectivity index (χ0v) is 10.3. The van der Waals surface area contributed by atoms with Gasteiger partial charge in [0, 0.05) is 19.6 Å². The number of aromatic nitrogens is 4. The summed E-state index contributed by atoms with van der Waals surface area (Å²) in [7, 11) is 0. The molecule has 6 heteroatoms. The molecule has 96 valence electrons. The van der Waals surface area contributed by atoms with Crippen LogP contribution in [-0.2, 0) is 11.2 Å². The fourth-order valence-electron chi connectivity index (χ4n) is 2.35. The predicted molar refractivity (Wildman–Crippen MR) is 66.6 cm³/mol. The minimum Gasteiger partial charge on any atom is -0.381 e. The number of aryl methyl sites for hydroxylation is 1. The number of hydrogen-bond donors (Lipinski definition) is 1. The van der Waals surface area contributed by atoms with Crippen molar-refractivity contribution >= 4 is 11.0 Å². The van der Waals surface area contributed by atoms with Crippen molar-refractivity contribution in [2.24, 2.45) is 0 Å². The SMILES string of the molecule is CCc1nc2c(cnn2C2CCOCC2)c(=O)[nH]1. The van der Waals surface area contributed by atoms with Crippen molar-refractivity contribution < 1.29 is 4.74 Å². The number of H-pyrrole nitrogens is 1. The topological polar surface area (TPSA) is 72.8 Å². The Bertz CT molecular complexity index is 610. The van der Waals surface area contributed by atoms with Gasteiger partial charge in [0.05, 0.1) is 12.2 Å². The first-order valence-electron chi connectivity index (χ1n) is 6.33. The molecule has 6 nitrogen and oxygen atoms in total. The van der Waals surface area contributed by atoms with Gasteiger partial charge < -0.3 is 9.72 Å². The number of aromatic amines is 1. The van der Waals surface area contributed by atoms with Gasteiger partial charge in [-0.2, -0.15) is 5.10 Å². The Morgan fingerprint density at radius 1 is 1.50 bits per heavy atom. The van der Waals surface area contributed by atoms with Crippen LogP contribution in [0.3, 0.4) is 0 Å². The molecule has 3 heterocycles. The summed E-state index contributed by atoms with van der Waals surface area (Å²) in [5, 5.41) is 4.90. The standard InChI is InChI=1S/C12H16N4O2/c1-2-10-14-11-9(12(17)15-10)7-13-16(11)8-3-5-18-6-4-8/h7-8H,2-6H2,1H3,(H,14,15,17). The molecule has 0 bridgehead atoms. The summed E-state index contributed by atoms with van der Waals surface area (Å²) in [5.41, 5.74) is 0.595. The van der Waals surface area contributed by atoms with E-state index in [-0.39, 0.29) is 11.6 Å². The Kier molecular flexibility index (Phi) is 2.87. The smallest absolute Gasteiger partial charge is 0.262 e. The largest absolute Gasteiger partial charge is 0.381 e. The van der Waals surface area contributed by atoms with E-state index < -0.39 is 0 Å². The van der Waals surface area contributed by atoms with Crippen molar-refractivity contribution in [2.45, 2.75) is 32.2 Å². The molecule has 2 aromatic rings. The van der Waals surface area contributed by atoms with Gasteiger partial charge in [-0.3, -0.25) is 4.79 Å². The van der Waals surface area contributed by atoms with E-state index in [1.54, 1.807) is 6.20 Å². The van der Waals surface area contributed by atoms with Gasteiger partial charge in [0.25, 0.3) is 5.56 Å². The van der Waals surface area contributed by atoms with Crippen LogP contribution in [0, 0.1) is 0 Å². The average Bonchev–Trinajstić information content (AvgIpc) is 2.84. The third-order valence-corrected chi connectivity index (χ3v) is 3.38. The predicted octanol–water partition coefficient (Wildman–Crippen LogP) is 1.03. The van der Waals surface area contributed by atoms with Crippen LogP contribution in [0.4, 0.5) is 0 Å². The normalized spacial score (nSPS) is 17.4. The molecular weight excluding hydrogens is 232 g/mol. The van der Waals surface area contributed by atoms with Gasteiger partial charge in [-0.1, -0.05) is 6.92 Å². The fraction of sp³-hybridized carbons (Fsp3) is 0.583. The molecule has 1 fully saturated rings. The lowest BCUT2D eigenvalue weighted by Crippen LogP contribution is -2.21. The highest BCUT2D eigenvalue weighted by Crippen LogP contribution is 2.22. The van der Waals surface area contributed by atoms with Gasteiger partial charge in [0.2, 0.25) is 0 Å². The van der Waals surface area contributed by atoms with Crippen LogP contribution >= 0.6 is 0 Å². The quantitative estimate of drug-likeness (QED) is 0.861. The molecule has 0 atom stereocenters. The number of nitrogens with one attached hydrogen (secondary N) is 1. The molecule has 0 amide bonds. The molecule has 0 spiro atoms. The second-order valence-corrected chi connectivity index (χ2v) is 4.54. The first kappa shape index (κ1) is 11.4.